The van der Waals surface area contributed by atoms with Crippen LogP contribution in [0.15, 0.2) is 16.7 Å². The summed E-state index contributed by atoms with van der Waals surface area (Å²) in [6.45, 7) is 5.62. The Labute approximate surface area is 90.6 Å². The number of ether oxygens (including phenoxy) is 2. The molecule has 0 aromatic carbocycles. The van der Waals surface area contributed by atoms with Crippen LogP contribution in [0.4, 0.5) is 0 Å². The topological polar surface area (TPSA) is 43.6 Å². The summed E-state index contributed by atoms with van der Waals surface area (Å²) in [7, 11) is 1.67. The predicted molar refractivity (Wildman–Crippen MR) is 57.8 cm³/mol. The molecule has 0 unspecified atom stereocenters. The number of rotatable bonds is 8. The molecule has 1 aromatic rings. The highest BCUT2D eigenvalue weighted by atomic mass is 16.5. The SMILES string of the molecule is COCCOCCNCc1occc1C. The maximum Gasteiger partial charge on any atom is 0.120 e. The van der Waals surface area contributed by atoms with E-state index < -0.39 is 0 Å². The lowest BCUT2D eigenvalue weighted by atomic mass is 10.3. The van der Waals surface area contributed by atoms with Crippen molar-refractivity contribution in [2.45, 2.75) is 13.5 Å². The minimum absolute atomic E-state index is 0.650. The van der Waals surface area contributed by atoms with E-state index in [0.29, 0.717) is 19.8 Å². The fourth-order valence-corrected chi connectivity index (χ4v) is 1.18. The molecular formula is C11H19NO3. The van der Waals surface area contributed by atoms with Crippen molar-refractivity contribution < 1.29 is 13.9 Å². The normalized spacial score (nSPS) is 10.8. The van der Waals surface area contributed by atoms with Crippen LogP contribution in [0.1, 0.15) is 11.3 Å². The average Bonchev–Trinajstić information content (AvgIpc) is 2.63. The number of nitrogens with one attached hydrogen (secondary N) is 1. The number of methoxy groups -OCH3 is 1. The minimum Gasteiger partial charge on any atom is -0.468 e. The quantitative estimate of drug-likeness (QED) is 0.662. The lowest BCUT2D eigenvalue weighted by molar-refractivity contribution is 0.0717. The highest BCUT2D eigenvalue weighted by molar-refractivity contribution is 5.13. The highest BCUT2D eigenvalue weighted by Gasteiger charge is 1.99. The third-order valence-corrected chi connectivity index (χ3v) is 2.11. The van der Waals surface area contributed by atoms with Crippen molar-refractivity contribution in [1.29, 1.82) is 0 Å². The molecule has 0 fully saturated rings. The molecule has 1 rings (SSSR count). The van der Waals surface area contributed by atoms with Gasteiger partial charge < -0.3 is 19.2 Å². The first-order chi connectivity index (χ1) is 7.34. The van der Waals surface area contributed by atoms with E-state index in [1.54, 1.807) is 13.4 Å². The van der Waals surface area contributed by atoms with Crippen molar-refractivity contribution in [1.82, 2.24) is 5.32 Å². The zero-order valence-corrected chi connectivity index (χ0v) is 9.41. The Bertz CT molecular complexity index is 260. The average molecular weight is 213 g/mol. The van der Waals surface area contributed by atoms with E-state index in [1.165, 1.54) is 5.56 Å². The van der Waals surface area contributed by atoms with Crippen LogP contribution in [0.3, 0.4) is 0 Å². The zero-order chi connectivity index (χ0) is 10.9. The summed E-state index contributed by atoms with van der Waals surface area (Å²) in [5.41, 5.74) is 1.18. The van der Waals surface area contributed by atoms with E-state index in [4.69, 9.17) is 13.9 Å². The van der Waals surface area contributed by atoms with E-state index >= 15 is 0 Å². The van der Waals surface area contributed by atoms with Crippen LogP contribution in [0.2, 0.25) is 0 Å². The van der Waals surface area contributed by atoms with E-state index in [2.05, 4.69) is 5.32 Å². The summed E-state index contributed by atoms with van der Waals surface area (Å²) < 4.78 is 15.5. The van der Waals surface area contributed by atoms with Gasteiger partial charge >= 0.3 is 0 Å². The summed E-state index contributed by atoms with van der Waals surface area (Å²) in [6, 6.07) is 1.96. The maximum atomic E-state index is 5.31. The van der Waals surface area contributed by atoms with Gasteiger partial charge in [0.25, 0.3) is 0 Å². The molecule has 1 aromatic heterocycles. The minimum atomic E-state index is 0.650. The molecule has 0 saturated heterocycles. The standard InChI is InChI=1S/C11H19NO3/c1-10-3-5-15-11(10)9-12-4-6-14-8-7-13-2/h3,5,12H,4,6-9H2,1-2H3. The molecule has 4 nitrogen and oxygen atoms in total. The van der Waals surface area contributed by atoms with Crippen molar-refractivity contribution in [3.63, 3.8) is 0 Å². The van der Waals surface area contributed by atoms with Gasteiger partial charge in [0.05, 0.1) is 32.6 Å². The molecule has 0 saturated carbocycles. The number of aryl methyl sites for hydroxylation is 1. The van der Waals surface area contributed by atoms with Crippen molar-refractivity contribution in [2.24, 2.45) is 0 Å². The largest absolute Gasteiger partial charge is 0.468 e. The van der Waals surface area contributed by atoms with Gasteiger partial charge in [-0.25, -0.2) is 0 Å². The van der Waals surface area contributed by atoms with Gasteiger partial charge in [-0.2, -0.15) is 0 Å². The number of hydrogen-bond acceptors (Lipinski definition) is 4. The molecule has 1 N–H and O–H groups in total. The number of furan rings is 1. The van der Waals surface area contributed by atoms with E-state index in [9.17, 15) is 0 Å². The van der Waals surface area contributed by atoms with Gasteiger partial charge in [0, 0.05) is 13.7 Å². The number of hydrogen-bond donors (Lipinski definition) is 1. The van der Waals surface area contributed by atoms with Crippen LogP contribution in [-0.4, -0.2) is 33.5 Å². The van der Waals surface area contributed by atoms with Crippen LogP contribution < -0.4 is 5.32 Å². The summed E-state index contributed by atoms with van der Waals surface area (Å²) in [5.74, 6) is 0.992. The Hall–Kier alpha value is -0.840. The van der Waals surface area contributed by atoms with Crippen LogP contribution in [0.5, 0.6) is 0 Å². The summed E-state index contributed by atoms with van der Waals surface area (Å²) >= 11 is 0. The molecule has 0 aliphatic rings. The molecule has 1 heterocycles. The first kappa shape index (κ1) is 12.2. The van der Waals surface area contributed by atoms with E-state index in [-0.39, 0.29) is 0 Å². The Morgan fingerprint density at radius 1 is 1.33 bits per heavy atom. The predicted octanol–water partition coefficient (Wildman–Crippen LogP) is 1.34. The second kappa shape index (κ2) is 7.45. The van der Waals surface area contributed by atoms with Gasteiger partial charge in [-0.15, -0.1) is 0 Å². The smallest absolute Gasteiger partial charge is 0.120 e. The van der Waals surface area contributed by atoms with Crippen molar-refractivity contribution in [3.05, 3.63) is 23.7 Å². The Balaban J connectivity index is 1.96. The Morgan fingerprint density at radius 3 is 2.87 bits per heavy atom. The third-order valence-electron chi connectivity index (χ3n) is 2.11. The van der Waals surface area contributed by atoms with E-state index in [0.717, 1.165) is 18.8 Å². The van der Waals surface area contributed by atoms with Gasteiger partial charge in [-0.1, -0.05) is 0 Å². The lowest BCUT2D eigenvalue weighted by Gasteiger charge is -2.04. The van der Waals surface area contributed by atoms with E-state index in [1.807, 2.05) is 13.0 Å². The molecule has 0 aliphatic carbocycles. The molecule has 0 aliphatic heterocycles. The fourth-order valence-electron chi connectivity index (χ4n) is 1.18. The Kier molecular flexibility index (Phi) is 6.08. The summed E-state index contributed by atoms with van der Waals surface area (Å²) in [6.07, 6.45) is 1.71. The lowest BCUT2D eigenvalue weighted by Crippen LogP contribution is -2.20. The van der Waals surface area contributed by atoms with Crippen molar-refractivity contribution in [2.75, 3.05) is 33.5 Å². The van der Waals surface area contributed by atoms with Gasteiger partial charge in [0.1, 0.15) is 5.76 Å². The summed E-state index contributed by atoms with van der Waals surface area (Å²) in [5, 5.41) is 3.25. The molecule has 0 atom stereocenters. The molecule has 0 bridgehead atoms. The molecule has 4 heteroatoms. The monoisotopic (exact) mass is 213 g/mol. The first-order valence-electron chi connectivity index (χ1n) is 5.15. The second-order valence-electron chi connectivity index (χ2n) is 3.31. The molecule has 15 heavy (non-hydrogen) atoms. The van der Waals surface area contributed by atoms with Gasteiger partial charge in [0.15, 0.2) is 0 Å². The maximum absolute atomic E-state index is 5.31. The molecule has 0 amide bonds. The van der Waals surface area contributed by atoms with Gasteiger partial charge in [-0.05, 0) is 18.6 Å². The first-order valence-corrected chi connectivity index (χ1v) is 5.15. The van der Waals surface area contributed by atoms with Gasteiger partial charge in [-0.3, -0.25) is 0 Å². The molecule has 0 radical (unpaired) electrons. The van der Waals surface area contributed by atoms with Gasteiger partial charge in [0.2, 0.25) is 0 Å². The second-order valence-corrected chi connectivity index (χ2v) is 3.31. The molecule has 0 spiro atoms. The van der Waals surface area contributed by atoms with Crippen LogP contribution in [-0.2, 0) is 16.0 Å². The van der Waals surface area contributed by atoms with Crippen molar-refractivity contribution in [3.8, 4) is 0 Å². The molecule has 86 valence electrons. The zero-order valence-electron chi connectivity index (χ0n) is 9.41. The Morgan fingerprint density at radius 2 is 2.20 bits per heavy atom. The van der Waals surface area contributed by atoms with Crippen LogP contribution >= 0.6 is 0 Å². The summed E-state index contributed by atoms with van der Waals surface area (Å²) in [4.78, 5) is 0. The van der Waals surface area contributed by atoms with Crippen LogP contribution in [0, 0.1) is 6.92 Å². The molecular weight excluding hydrogens is 194 g/mol. The van der Waals surface area contributed by atoms with Crippen LogP contribution in [0.25, 0.3) is 0 Å². The fraction of sp³-hybridized carbons (Fsp3) is 0.636. The highest BCUT2D eigenvalue weighted by Crippen LogP contribution is 2.07. The third kappa shape index (κ3) is 4.97. The van der Waals surface area contributed by atoms with Crippen molar-refractivity contribution >= 4 is 0 Å².